The van der Waals surface area contributed by atoms with Gasteiger partial charge in [0.1, 0.15) is 0 Å². The molecule has 38 heavy (non-hydrogen) atoms. The van der Waals surface area contributed by atoms with Gasteiger partial charge in [-0.25, -0.2) is 29.0 Å². The van der Waals surface area contributed by atoms with Gasteiger partial charge in [-0.1, -0.05) is 35.4 Å². The summed E-state index contributed by atoms with van der Waals surface area (Å²) in [6.45, 7) is 3.91. The van der Waals surface area contributed by atoms with Gasteiger partial charge in [-0.3, -0.25) is 9.78 Å². The topological polar surface area (TPSA) is 142 Å². The summed E-state index contributed by atoms with van der Waals surface area (Å²) < 4.78 is 9.96. The lowest BCUT2D eigenvalue weighted by Crippen LogP contribution is -2.24. The van der Waals surface area contributed by atoms with Gasteiger partial charge in [0, 0.05) is 0 Å². The molecule has 2 aromatic carbocycles. The first-order valence-electron chi connectivity index (χ1n) is 11.9. The molecule has 1 aliphatic rings. The molecule has 204 valence electrons. The quantitative estimate of drug-likeness (QED) is 0.227. The molecule has 0 bridgehead atoms. The summed E-state index contributed by atoms with van der Waals surface area (Å²) in [5.74, 6) is -1.50. The Kier molecular flexibility index (Phi) is 10.9. The number of ether oxygens (including phenoxy) is 2. The van der Waals surface area contributed by atoms with Crippen molar-refractivity contribution < 1.29 is 58.3 Å². The largest absolute Gasteiger partial charge is 0.543 e. The summed E-state index contributed by atoms with van der Waals surface area (Å²) in [5, 5.41) is 8.40. The van der Waals surface area contributed by atoms with E-state index in [9.17, 15) is 19.2 Å². The second-order valence-corrected chi connectivity index (χ2v) is 8.79. The zero-order chi connectivity index (χ0) is 27.3. The number of hydrogen-bond donors (Lipinski definition) is 0. The summed E-state index contributed by atoms with van der Waals surface area (Å²) in [7, 11) is 0. The fourth-order valence-corrected chi connectivity index (χ4v) is 3.61. The highest BCUT2D eigenvalue weighted by Crippen LogP contribution is 2.29. The third-order valence-corrected chi connectivity index (χ3v) is 5.84. The predicted octanol–water partition coefficient (Wildman–Crippen LogP) is 5.12. The Labute approximate surface area is 218 Å². The van der Waals surface area contributed by atoms with E-state index < -0.39 is 24.2 Å². The molecule has 12 heteroatoms. The molecule has 0 N–H and O–H groups in total. The van der Waals surface area contributed by atoms with Crippen LogP contribution in [-0.4, -0.2) is 37.5 Å². The zero-order valence-electron chi connectivity index (χ0n) is 20.9. The van der Waals surface area contributed by atoms with Crippen molar-refractivity contribution in [3.8, 4) is 0 Å². The van der Waals surface area contributed by atoms with Crippen LogP contribution in [-0.2, 0) is 39.1 Å². The average molecular weight is 532 g/mol. The van der Waals surface area contributed by atoms with Crippen LogP contribution in [0.25, 0.3) is 0 Å². The maximum absolute atomic E-state index is 11.8. The Bertz CT molecular complexity index is 985. The second-order valence-electron chi connectivity index (χ2n) is 8.79. The van der Waals surface area contributed by atoms with Crippen LogP contribution in [0.1, 0.15) is 57.5 Å². The van der Waals surface area contributed by atoms with Gasteiger partial charge >= 0.3 is 24.2 Å². The summed E-state index contributed by atoms with van der Waals surface area (Å²) in [5.41, 5.74) is 2.40. The fraction of sp³-hybridized carbons (Fsp3) is 0.385. The number of rotatable bonds is 10. The van der Waals surface area contributed by atoms with E-state index in [1.54, 1.807) is 48.5 Å². The van der Waals surface area contributed by atoms with E-state index in [4.69, 9.17) is 9.47 Å². The molecule has 1 aliphatic carbocycles. The van der Waals surface area contributed by atoms with Crippen LogP contribution in [0.5, 0.6) is 0 Å². The van der Waals surface area contributed by atoms with Crippen LogP contribution < -0.4 is 0 Å². The monoisotopic (exact) mass is 532 g/mol. The van der Waals surface area contributed by atoms with Crippen LogP contribution in [0, 0.1) is 25.7 Å². The molecule has 0 amide bonds. The van der Waals surface area contributed by atoms with Gasteiger partial charge in [-0.15, -0.1) is 0 Å². The molecule has 0 saturated heterocycles. The molecule has 0 atom stereocenters. The van der Waals surface area contributed by atoms with Crippen LogP contribution in [0.3, 0.4) is 0 Å². The van der Waals surface area contributed by atoms with E-state index in [2.05, 4.69) is 29.6 Å². The van der Waals surface area contributed by atoms with Crippen molar-refractivity contribution in [2.45, 2.75) is 39.5 Å². The highest BCUT2D eigenvalue weighted by molar-refractivity contribution is 5.89. The van der Waals surface area contributed by atoms with E-state index >= 15 is 0 Å². The SMILES string of the molecule is Cc1ccc(C(=O)OOOC(=O)OCC2CCC(COC(=O)OOOC(=O)c3ccc(C)cc3)CC2)cc1. The van der Waals surface area contributed by atoms with Gasteiger partial charge in [-0.05, 0) is 75.6 Å². The summed E-state index contributed by atoms with van der Waals surface area (Å²) >= 11 is 0. The number of benzene rings is 2. The smallest absolute Gasteiger partial charge is 0.432 e. The highest BCUT2D eigenvalue weighted by atomic mass is 17.5. The average Bonchev–Trinajstić information content (AvgIpc) is 2.92. The first kappa shape index (κ1) is 28.4. The molecule has 1 fully saturated rings. The molecular weight excluding hydrogens is 504 g/mol. The van der Waals surface area contributed by atoms with Crippen LogP contribution in [0.15, 0.2) is 48.5 Å². The molecule has 2 aromatic rings. The molecule has 0 aromatic heterocycles. The van der Waals surface area contributed by atoms with Gasteiger partial charge in [0.05, 0.1) is 34.4 Å². The zero-order valence-corrected chi connectivity index (χ0v) is 20.9. The molecule has 0 spiro atoms. The van der Waals surface area contributed by atoms with E-state index in [0.29, 0.717) is 25.7 Å². The number of hydrogen-bond acceptors (Lipinski definition) is 12. The van der Waals surface area contributed by atoms with Crippen molar-refractivity contribution in [3.05, 3.63) is 70.8 Å². The lowest BCUT2D eigenvalue weighted by atomic mass is 9.83. The van der Waals surface area contributed by atoms with Crippen LogP contribution in [0.4, 0.5) is 9.59 Å². The Morgan fingerprint density at radius 1 is 0.579 bits per heavy atom. The molecule has 3 rings (SSSR count). The fourth-order valence-electron chi connectivity index (χ4n) is 3.61. The minimum absolute atomic E-state index is 0.0744. The Balaban J connectivity index is 1.21. The van der Waals surface area contributed by atoms with Gasteiger partial charge in [0.2, 0.25) is 0 Å². The molecule has 0 heterocycles. The molecule has 0 unspecified atom stereocenters. The lowest BCUT2D eigenvalue weighted by Gasteiger charge is -2.27. The first-order valence-corrected chi connectivity index (χ1v) is 11.9. The lowest BCUT2D eigenvalue weighted by molar-refractivity contribution is -0.452. The van der Waals surface area contributed by atoms with Crippen molar-refractivity contribution in [3.63, 3.8) is 0 Å². The highest BCUT2D eigenvalue weighted by Gasteiger charge is 2.24. The number of aryl methyl sites for hydroxylation is 2. The van der Waals surface area contributed by atoms with Crippen molar-refractivity contribution >= 4 is 24.2 Å². The Hall–Kier alpha value is -4.16. The molecular formula is C26H28O12. The predicted molar refractivity (Wildman–Crippen MR) is 126 cm³/mol. The molecule has 0 radical (unpaired) electrons. The van der Waals surface area contributed by atoms with Crippen LogP contribution >= 0.6 is 0 Å². The molecule has 12 nitrogen and oxygen atoms in total. The van der Waals surface area contributed by atoms with Gasteiger partial charge in [0.15, 0.2) is 0 Å². The van der Waals surface area contributed by atoms with Crippen molar-refractivity contribution in [2.24, 2.45) is 11.8 Å². The van der Waals surface area contributed by atoms with Crippen molar-refractivity contribution in [1.29, 1.82) is 0 Å². The third-order valence-electron chi connectivity index (χ3n) is 5.84. The van der Waals surface area contributed by atoms with E-state index in [1.807, 2.05) is 13.8 Å². The second kappa shape index (κ2) is 14.5. The summed E-state index contributed by atoms with van der Waals surface area (Å²) in [6, 6.07) is 13.1. The van der Waals surface area contributed by atoms with E-state index in [-0.39, 0.29) is 36.2 Å². The Morgan fingerprint density at radius 2 is 0.921 bits per heavy atom. The van der Waals surface area contributed by atoms with Crippen molar-refractivity contribution in [1.82, 2.24) is 0 Å². The van der Waals surface area contributed by atoms with Gasteiger partial charge in [0.25, 0.3) is 0 Å². The maximum atomic E-state index is 11.8. The number of carbonyl (C=O) groups is 4. The maximum Gasteiger partial charge on any atom is 0.543 e. The summed E-state index contributed by atoms with van der Waals surface area (Å²) in [4.78, 5) is 64.2. The Morgan fingerprint density at radius 3 is 1.26 bits per heavy atom. The minimum atomic E-state index is -1.14. The van der Waals surface area contributed by atoms with E-state index in [1.165, 1.54) is 0 Å². The molecule has 0 aliphatic heterocycles. The standard InChI is InChI=1S/C26H28O12/c1-17-3-11-21(12-4-17)23(27)33-37-35-25(29)31-15-19-7-9-20(10-8-19)16-32-26(30)36-38-34-24(28)22-13-5-18(2)6-14-22/h3-6,11-14,19-20H,7-10,15-16H2,1-2H3. The minimum Gasteiger partial charge on any atom is -0.432 e. The van der Waals surface area contributed by atoms with Gasteiger partial charge < -0.3 is 9.47 Å². The van der Waals surface area contributed by atoms with Crippen LogP contribution in [0.2, 0.25) is 0 Å². The first-order chi connectivity index (χ1) is 18.3. The van der Waals surface area contributed by atoms with Crippen molar-refractivity contribution in [2.75, 3.05) is 13.2 Å². The number of carbonyl (C=O) groups excluding carboxylic acids is 4. The normalized spacial score (nSPS) is 16.6. The van der Waals surface area contributed by atoms with E-state index in [0.717, 1.165) is 11.1 Å². The molecule has 1 saturated carbocycles. The third kappa shape index (κ3) is 9.71. The van der Waals surface area contributed by atoms with Gasteiger partial charge in [-0.2, -0.15) is 0 Å². The summed E-state index contributed by atoms with van der Waals surface area (Å²) in [6.07, 6.45) is 0.569.